The standard InChI is InChI=1S/C17H16N2O3S2/c1-3-19-14-6-4-5-7-15(14)23-17(19)18-16(20)12-8-10-13(11-9-12)24(2,21)22/h4-11H,3H2,1-2H3. The van der Waals surface area contributed by atoms with Crippen LogP contribution in [0.1, 0.15) is 17.3 Å². The fourth-order valence-electron chi connectivity index (χ4n) is 2.41. The first-order valence-electron chi connectivity index (χ1n) is 7.37. The normalized spacial score (nSPS) is 12.7. The van der Waals surface area contributed by atoms with Gasteiger partial charge in [0.25, 0.3) is 5.91 Å². The van der Waals surface area contributed by atoms with Gasteiger partial charge in [-0.15, -0.1) is 0 Å². The Kier molecular flexibility index (Phi) is 4.38. The molecule has 0 fully saturated rings. The van der Waals surface area contributed by atoms with E-state index in [4.69, 9.17) is 0 Å². The molecule has 0 atom stereocenters. The summed E-state index contributed by atoms with van der Waals surface area (Å²) in [5, 5.41) is 0. The third-order valence-electron chi connectivity index (χ3n) is 3.63. The highest BCUT2D eigenvalue weighted by Crippen LogP contribution is 2.17. The zero-order chi connectivity index (χ0) is 17.3. The highest BCUT2D eigenvalue weighted by Gasteiger charge is 2.10. The Labute approximate surface area is 143 Å². The molecule has 3 rings (SSSR count). The monoisotopic (exact) mass is 360 g/mol. The number of para-hydroxylation sites is 1. The topological polar surface area (TPSA) is 68.5 Å². The predicted molar refractivity (Wildman–Crippen MR) is 94.9 cm³/mol. The van der Waals surface area contributed by atoms with Gasteiger partial charge in [0.15, 0.2) is 14.6 Å². The molecule has 1 heterocycles. The molecule has 0 aliphatic rings. The minimum absolute atomic E-state index is 0.185. The Morgan fingerprint density at radius 2 is 1.79 bits per heavy atom. The van der Waals surface area contributed by atoms with Crippen molar-refractivity contribution in [2.45, 2.75) is 18.4 Å². The number of sulfone groups is 1. The number of carbonyl (C=O) groups excluding carboxylic acids is 1. The van der Waals surface area contributed by atoms with Gasteiger partial charge in [0.1, 0.15) is 0 Å². The molecule has 0 radical (unpaired) electrons. The molecule has 0 saturated carbocycles. The molecular weight excluding hydrogens is 344 g/mol. The predicted octanol–water partition coefficient (Wildman–Crippen LogP) is 2.87. The Morgan fingerprint density at radius 3 is 2.42 bits per heavy atom. The minimum atomic E-state index is -3.28. The lowest BCUT2D eigenvalue weighted by Crippen LogP contribution is -2.15. The van der Waals surface area contributed by atoms with Gasteiger partial charge in [0.05, 0.1) is 15.1 Å². The molecule has 0 aliphatic carbocycles. The number of hydrogen-bond donors (Lipinski definition) is 0. The van der Waals surface area contributed by atoms with Crippen LogP contribution in [0.5, 0.6) is 0 Å². The molecule has 1 amide bonds. The van der Waals surface area contributed by atoms with E-state index >= 15 is 0 Å². The number of hydrogen-bond acceptors (Lipinski definition) is 4. The molecule has 0 spiro atoms. The van der Waals surface area contributed by atoms with E-state index in [1.807, 2.05) is 35.8 Å². The van der Waals surface area contributed by atoms with E-state index in [1.54, 1.807) is 0 Å². The first-order valence-corrected chi connectivity index (χ1v) is 10.1. The largest absolute Gasteiger partial charge is 0.317 e. The molecule has 0 aliphatic heterocycles. The lowest BCUT2D eigenvalue weighted by Gasteiger charge is -2.01. The average Bonchev–Trinajstić information content (AvgIpc) is 2.91. The molecule has 24 heavy (non-hydrogen) atoms. The van der Waals surface area contributed by atoms with Crippen molar-refractivity contribution in [2.24, 2.45) is 4.99 Å². The molecule has 0 saturated heterocycles. The second kappa shape index (κ2) is 6.33. The van der Waals surface area contributed by atoms with Crippen molar-refractivity contribution < 1.29 is 13.2 Å². The SMILES string of the molecule is CCn1c(=NC(=O)c2ccc(S(C)(=O)=O)cc2)sc2ccccc21. The number of carbonyl (C=O) groups is 1. The highest BCUT2D eigenvalue weighted by molar-refractivity contribution is 7.90. The van der Waals surface area contributed by atoms with Crippen molar-refractivity contribution in [2.75, 3.05) is 6.26 Å². The Hall–Kier alpha value is -2.25. The number of aromatic nitrogens is 1. The first-order chi connectivity index (χ1) is 11.4. The lowest BCUT2D eigenvalue weighted by atomic mass is 10.2. The molecule has 7 heteroatoms. The maximum Gasteiger partial charge on any atom is 0.279 e. The van der Waals surface area contributed by atoms with Crippen LogP contribution in [-0.4, -0.2) is 25.1 Å². The summed E-state index contributed by atoms with van der Waals surface area (Å²) in [6.45, 7) is 2.71. The van der Waals surface area contributed by atoms with Crippen LogP contribution in [0.25, 0.3) is 10.2 Å². The molecule has 0 bridgehead atoms. The first kappa shape index (κ1) is 16.6. The summed E-state index contributed by atoms with van der Waals surface area (Å²) in [5.74, 6) is -0.385. The number of nitrogens with zero attached hydrogens (tertiary/aromatic N) is 2. The van der Waals surface area contributed by atoms with E-state index in [9.17, 15) is 13.2 Å². The highest BCUT2D eigenvalue weighted by atomic mass is 32.2. The van der Waals surface area contributed by atoms with Crippen molar-refractivity contribution in [1.29, 1.82) is 0 Å². The summed E-state index contributed by atoms with van der Waals surface area (Å²) in [5.41, 5.74) is 1.41. The summed E-state index contributed by atoms with van der Waals surface area (Å²) in [6, 6.07) is 13.7. The van der Waals surface area contributed by atoms with Gasteiger partial charge in [0, 0.05) is 18.4 Å². The van der Waals surface area contributed by atoms with Crippen LogP contribution in [0.2, 0.25) is 0 Å². The van der Waals surface area contributed by atoms with Crippen molar-refractivity contribution in [3.8, 4) is 0 Å². The summed E-state index contributed by atoms with van der Waals surface area (Å²) < 4.78 is 26.0. The summed E-state index contributed by atoms with van der Waals surface area (Å²) >= 11 is 1.46. The summed E-state index contributed by atoms with van der Waals surface area (Å²) in [7, 11) is -3.28. The Balaban J connectivity index is 2.04. The molecule has 3 aromatic rings. The van der Waals surface area contributed by atoms with Crippen LogP contribution < -0.4 is 4.80 Å². The molecule has 0 unspecified atom stereocenters. The molecule has 2 aromatic carbocycles. The van der Waals surface area contributed by atoms with Crippen LogP contribution >= 0.6 is 11.3 Å². The summed E-state index contributed by atoms with van der Waals surface area (Å²) in [6.07, 6.45) is 1.13. The van der Waals surface area contributed by atoms with E-state index < -0.39 is 9.84 Å². The molecule has 0 N–H and O–H groups in total. The second-order valence-electron chi connectivity index (χ2n) is 5.31. The fraction of sp³-hybridized carbons (Fsp3) is 0.176. The number of benzene rings is 2. The molecule has 124 valence electrons. The van der Waals surface area contributed by atoms with Crippen LogP contribution in [0, 0.1) is 0 Å². The van der Waals surface area contributed by atoms with E-state index in [1.165, 1.54) is 35.6 Å². The van der Waals surface area contributed by atoms with Crippen LogP contribution in [0.4, 0.5) is 0 Å². The van der Waals surface area contributed by atoms with Gasteiger partial charge in [-0.1, -0.05) is 23.5 Å². The summed E-state index contributed by atoms with van der Waals surface area (Å²) in [4.78, 5) is 17.4. The van der Waals surface area contributed by atoms with Gasteiger partial charge in [0.2, 0.25) is 0 Å². The molecule has 5 nitrogen and oxygen atoms in total. The Bertz CT molecular complexity index is 1070. The zero-order valence-corrected chi connectivity index (χ0v) is 14.9. The fourth-order valence-corrected chi connectivity index (χ4v) is 4.13. The maximum absolute atomic E-state index is 12.4. The van der Waals surface area contributed by atoms with E-state index in [2.05, 4.69) is 4.99 Å². The third kappa shape index (κ3) is 3.18. The van der Waals surface area contributed by atoms with Gasteiger partial charge in [-0.2, -0.15) is 4.99 Å². The van der Waals surface area contributed by atoms with Crippen molar-refractivity contribution in [3.05, 3.63) is 58.9 Å². The maximum atomic E-state index is 12.4. The quantitative estimate of drug-likeness (QED) is 0.721. The van der Waals surface area contributed by atoms with Gasteiger partial charge in [-0.05, 0) is 43.3 Å². The van der Waals surface area contributed by atoms with E-state index in [0.717, 1.165) is 16.5 Å². The number of amides is 1. The number of aryl methyl sites for hydroxylation is 1. The number of thiazole rings is 1. The zero-order valence-electron chi connectivity index (χ0n) is 13.3. The Morgan fingerprint density at radius 1 is 1.12 bits per heavy atom. The van der Waals surface area contributed by atoms with E-state index in [0.29, 0.717) is 16.9 Å². The number of fused-ring (bicyclic) bond motifs is 1. The van der Waals surface area contributed by atoms with Crippen molar-refractivity contribution >= 4 is 37.3 Å². The smallest absolute Gasteiger partial charge is 0.279 e. The van der Waals surface area contributed by atoms with Gasteiger partial charge >= 0.3 is 0 Å². The van der Waals surface area contributed by atoms with Crippen LogP contribution in [0.3, 0.4) is 0 Å². The molecule has 1 aromatic heterocycles. The van der Waals surface area contributed by atoms with E-state index in [-0.39, 0.29) is 10.8 Å². The third-order valence-corrected chi connectivity index (χ3v) is 5.82. The van der Waals surface area contributed by atoms with Crippen molar-refractivity contribution in [1.82, 2.24) is 4.57 Å². The van der Waals surface area contributed by atoms with Crippen LogP contribution in [0.15, 0.2) is 58.4 Å². The lowest BCUT2D eigenvalue weighted by molar-refractivity contribution is 0.0997. The van der Waals surface area contributed by atoms with Gasteiger partial charge in [-0.25, -0.2) is 8.42 Å². The van der Waals surface area contributed by atoms with Gasteiger partial charge in [-0.3, -0.25) is 4.79 Å². The number of rotatable bonds is 3. The molecular formula is C17H16N2O3S2. The van der Waals surface area contributed by atoms with Gasteiger partial charge < -0.3 is 4.57 Å². The van der Waals surface area contributed by atoms with Crippen LogP contribution in [-0.2, 0) is 16.4 Å². The average molecular weight is 360 g/mol. The minimum Gasteiger partial charge on any atom is -0.317 e. The van der Waals surface area contributed by atoms with Crippen molar-refractivity contribution in [3.63, 3.8) is 0 Å². The second-order valence-corrected chi connectivity index (χ2v) is 8.33.